The van der Waals surface area contributed by atoms with Crippen molar-refractivity contribution in [3.63, 3.8) is 0 Å². The maximum Gasteiger partial charge on any atom is 0.0619 e. The van der Waals surface area contributed by atoms with Crippen LogP contribution in [-0.4, -0.2) is 43.8 Å². The molecule has 20 heavy (non-hydrogen) atoms. The summed E-state index contributed by atoms with van der Waals surface area (Å²) in [5, 5.41) is 3.64. The van der Waals surface area contributed by atoms with Gasteiger partial charge in [-0.2, -0.15) is 0 Å². The smallest absolute Gasteiger partial charge is 0.0619 e. The van der Waals surface area contributed by atoms with Gasteiger partial charge in [0.15, 0.2) is 0 Å². The van der Waals surface area contributed by atoms with Crippen LogP contribution in [-0.2, 0) is 4.74 Å². The number of rotatable bonds is 5. The molecule has 1 saturated heterocycles. The molecule has 0 spiro atoms. The highest BCUT2D eigenvalue weighted by Gasteiger charge is 2.22. The van der Waals surface area contributed by atoms with E-state index in [1.54, 1.807) is 0 Å². The van der Waals surface area contributed by atoms with E-state index < -0.39 is 0 Å². The molecule has 112 valence electrons. The number of likely N-dealkylation sites (N-methyl/N-ethyl adjacent to an activating group) is 1. The summed E-state index contributed by atoms with van der Waals surface area (Å²) in [4.78, 5) is 2.54. The Hall–Kier alpha value is -0.900. The van der Waals surface area contributed by atoms with E-state index in [0.29, 0.717) is 12.1 Å². The summed E-state index contributed by atoms with van der Waals surface area (Å²) in [7, 11) is 0. The summed E-state index contributed by atoms with van der Waals surface area (Å²) in [5.74, 6) is 0. The molecule has 0 bridgehead atoms. The van der Waals surface area contributed by atoms with Gasteiger partial charge in [-0.1, -0.05) is 36.2 Å². The van der Waals surface area contributed by atoms with Crippen molar-refractivity contribution in [3.8, 4) is 0 Å². The summed E-state index contributed by atoms with van der Waals surface area (Å²) in [5.41, 5.74) is 4.10. The van der Waals surface area contributed by atoms with Crippen molar-refractivity contribution in [2.75, 3.05) is 32.8 Å². The lowest BCUT2D eigenvalue weighted by Gasteiger charge is -2.36. The maximum absolute atomic E-state index is 5.54. The Morgan fingerprint density at radius 3 is 2.60 bits per heavy atom. The van der Waals surface area contributed by atoms with Gasteiger partial charge in [0.25, 0.3) is 0 Å². The van der Waals surface area contributed by atoms with Crippen molar-refractivity contribution in [1.29, 1.82) is 0 Å². The first-order valence-corrected chi connectivity index (χ1v) is 7.73. The van der Waals surface area contributed by atoms with Gasteiger partial charge in [-0.05, 0) is 32.9 Å². The molecule has 0 aromatic heterocycles. The van der Waals surface area contributed by atoms with Crippen LogP contribution in [0, 0.1) is 13.8 Å². The molecule has 1 fully saturated rings. The topological polar surface area (TPSA) is 24.5 Å². The first-order chi connectivity index (χ1) is 9.60. The van der Waals surface area contributed by atoms with Crippen LogP contribution >= 0.6 is 0 Å². The molecule has 1 aliphatic rings. The SMILES string of the molecule is CCNC(CN1CCOCC1C)c1cc(C)cc(C)c1. The van der Waals surface area contributed by atoms with Gasteiger partial charge in [-0.25, -0.2) is 0 Å². The van der Waals surface area contributed by atoms with E-state index >= 15 is 0 Å². The minimum Gasteiger partial charge on any atom is -0.379 e. The fourth-order valence-corrected chi connectivity index (χ4v) is 3.01. The van der Waals surface area contributed by atoms with E-state index in [9.17, 15) is 0 Å². The lowest BCUT2D eigenvalue weighted by Crippen LogP contribution is -2.47. The summed E-state index contributed by atoms with van der Waals surface area (Å²) >= 11 is 0. The van der Waals surface area contributed by atoms with Gasteiger partial charge in [0.05, 0.1) is 13.2 Å². The van der Waals surface area contributed by atoms with Crippen molar-refractivity contribution < 1.29 is 4.74 Å². The number of ether oxygens (including phenoxy) is 1. The second-order valence-corrected chi connectivity index (χ2v) is 5.95. The summed E-state index contributed by atoms with van der Waals surface area (Å²) < 4.78 is 5.54. The average molecular weight is 276 g/mol. The monoisotopic (exact) mass is 276 g/mol. The molecule has 0 aliphatic carbocycles. The Kier molecular flexibility index (Phi) is 5.58. The average Bonchev–Trinajstić information content (AvgIpc) is 2.39. The lowest BCUT2D eigenvalue weighted by atomic mass is 10.00. The van der Waals surface area contributed by atoms with Gasteiger partial charge in [0.2, 0.25) is 0 Å². The Morgan fingerprint density at radius 2 is 2.00 bits per heavy atom. The van der Waals surface area contributed by atoms with Gasteiger partial charge in [-0.15, -0.1) is 0 Å². The molecule has 0 radical (unpaired) electrons. The van der Waals surface area contributed by atoms with Gasteiger partial charge in [0, 0.05) is 25.2 Å². The zero-order chi connectivity index (χ0) is 14.5. The number of nitrogens with zero attached hydrogens (tertiary/aromatic N) is 1. The third-order valence-electron chi connectivity index (χ3n) is 4.02. The molecule has 1 aromatic rings. The highest BCUT2D eigenvalue weighted by atomic mass is 16.5. The number of nitrogens with one attached hydrogen (secondary N) is 1. The third-order valence-corrected chi connectivity index (χ3v) is 4.02. The van der Waals surface area contributed by atoms with Crippen LogP contribution in [0.1, 0.15) is 36.6 Å². The second-order valence-electron chi connectivity index (χ2n) is 5.95. The van der Waals surface area contributed by atoms with E-state index in [4.69, 9.17) is 4.74 Å². The molecule has 0 amide bonds. The van der Waals surface area contributed by atoms with Crippen molar-refractivity contribution in [1.82, 2.24) is 10.2 Å². The van der Waals surface area contributed by atoms with Gasteiger partial charge in [-0.3, -0.25) is 4.90 Å². The Labute approximate surface area is 123 Å². The lowest BCUT2D eigenvalue weighted by molar-refractivity contribution is -0.00442. The molecular weight excluding hydrogens is 248 g/mol. The van der Waals surface area contributed by atoms with Crippen LogP contribution in [0.25, 0.3) is 0 Å². The molecule has 2 unspecified atom stereocenters. The number of aryl methyl sites for hydroxylation is 2. The number of hydrogen-bond donors (Lipinski definition) is 1. The maximum atomic E-state index is 5.54. The first-order valence-electron chi connectivity index (χ1n) is 7.73. The normalized spacial score (nSPS) is 21.9. The molecule has 1 aromatic carbocycles. The fraction of sp³-hybridized carbons (Fsp3) is 0.647. The summed E-state index contributed by atoms with van der Waals surface area (Å²) in [6.07, 6.45) is 0. The summed E-state index contributed by atoms with van der Waals surface area (Å²) in [6.45, 7) is 13.6. The zero-order valence-electron chi connectivity index (χ0n) is 13.3. The standard InChI is InChI=1S/C17H28N2O/c1-5-18-17(11-19-6-7-20-12-15(19)4)16-9-13(2)8-14(3)10-16/h8-10,15,17-18H,5-7,11-12H2,1-4H3. The quantitative estimate of drug-likeness (QED) is 0.895. The van der Waals surface area contributed by atoms with Crippen LogP contribution in [0.4, 0.5) is 0 Å². The largest absolute Gasteiger partial charge is 0.379 e. The van der Waals surface area contributed by atoms with Gasteiger partial charge < -0.3 is 10.1 Å². The van der Waals surface area contributed by atoms with Gasteiger partial charge in [0.1, 0.15) is 0 Å². The van der Waals surface area contributed by atoms with Crippen LogP contribution in [0.2, 0.25) is 0 Å². The highest BCUT2D eigenvalue weighted by Crippen LogP contribution is 2.20. The first kappa shape index (κ1) is 15.5. The zero-order valence-corrected chi connectivity index (χ0v) is 13.3. The van der Waals surface area contributed by atoms with E-state index in [2.05, 4.69) is 56.1 Å². The van der Waals surface area contributed by atoms with Crippen molar-refractivity contribution in [2.45, 2.75) is 39.8 Å². The molecule has 1 aliphatic heterocycles. The predicted molar refractivity (Wildman–Crippen MR) is 84.2 cm³/mol. The molecule has 3 nitrogen and oxygen atoms in total. The molecule has 1 N–H and O–H groups in total. The van der Waals surface area contributed by atoms with Crippen LogP contribution < -0.4 is 5.32 Å². The molecule has 2 rings (SSSR count). The van der Waals surface area contributed by atoms with Gasteiger partial charge >= 0.3 is 0 Å². The third kappa shape index (κ3) is 4.05. The minimum atomic E-state index is 0.402. The molecule has 1 heterocycles. The minimum absolute atomic E-state index is 0.402. The highest BCUT2D eigenvalue weighted by molar-refractivity contribution is 5.31. The van der Waals surface area contributed by atoms with Crippen molar-refractivity contribution in [2.24, 2.45) is 0 Å². The number of morpholine rings is 1. The predicted octanol–water partition coefficient (Wildman–Crippen LogP) is 2.67. The second kappa shape index (κ2) is 7.21. The fourth-order valence-electron chi connectivity index (χ4n) is 3.01. The van der Waals surface area contributed by atoms with E-state index in [1.807, 2.05) is 0 Å². The van der Waals surface area contributed by atoms with E-state index in [0.717, 1.165) is 32.8 Å². The Bertz CT molecular complexity index is 413. The van der Waals surface area contributed by atoms with Crippen molar-refractivity contribution in [3.05, 3.63) is 34.9 Å². The van der Waals surface area contributed by atoms with Crippen LogP contribution in [0.3, 0.4) is 0 Å². The Morgan fingerprint density at radius 1 is 1.30 bits per heavy atom. The Balaban J connectivity index is 2.13. The molecular formula is C17H28N2O. The summed E-state index contributed by atoms with van der Waals surface area (Å²) in [6, 6.07) is 7.77. The van der Waals surface area contributed by atoms with Crippen LogP contribution in [0.15, 0.2) is 18.2 Å². The van der Waals surface area contributed by atoms with Crippen molar-refractivity contribution >= 4 is 0 Å². The van der Waals surface area contributed by atoms with E-state index in [1.165, 1.54) is 16.7 Å². The number of hydrogen-bond acceptors (Lipinski definition) is 3. The molecule has 3 heteroatoms. The molecule has 2 atom stereocenters. The number of benzene rings is 1. The molecule has 0 saturated carbocycles. The van der Waals surface area contributed by atoms with E-state index in [-0.39, 0.29) is 0 Å². The van der Waals surface area contributed by atoms with Crippen LogP contribution in [0.5, 0.6) is 0 Å².